The summed E-state index contributed by atoms with van der Waals surface area (Å²) in [6.45, 7) is 7.81. The normalized spacial score (nSPS) is 23.1. The molecule has 1 saturated carbocycles. The van der Waals surface area contributed by atoms with Gasteiger partial charge in [-0.2, -0.15) is 0 Å². The van der Waals surface area contributed by atoms with E-state index in [0.29, 0.717) is 0 Å². The molecule has 0 spiro atoms. The van der Waals surface area contributed by atoms with Crippen LogP contribution in [0.1, 0.15) is 25.1 Å². The van der Waals surface area contributed by atoms with Crippen LogP contribution < -0.4 is 10.2 Å². The Morgan fingerprint density at radius 2 is 1.88 bits per heavy atom. The Morgan fingerprint density at radius 3 is 2.67 bits per heavy atom. The predicted molar refractivity (Wildman–Crippen MR) is 97.7 cm³/mol. The van der Waals surface area contributed by atoms with Gasteiger partial charge in [-0.3, -0.25) is 4.90 Å². The second kappa shape index (κ2) is 6.05. The molecule has 128 valence electrons. The van der Waals surface area contributed by atoms with Crippen LogP contribution in [0.2, 0.25) is 0 Å². The standard InChI is InChI=1S/C19H27N5/c1-2-15(3-1)22-9-6-19-21-17-5-4-16(23-10-7-20-8-11-23)14-18(17)24(19)13-12-22/h4-5,14-15,20H,1-3,6-13H2. The molecule has 1 saturated heterocycles. The van der Waals surface area contributed by atoms with E-state index in [-0.39, 0.29) is 0 Å². The number of benzene rings is 1. The lowest BCUT2D eigenvalue weighted by molar-refractivity contribution is 0.130. The van der Waals surface area contributed by atoms with E-state index in [2.05, 4.69) is 37.9 Å². The zero-order valence-corrected chi connectivity index (χ0v) is 14.4. The summed E-state index contributed by atoms with van der Waals surface area (Å²) in [7, 11) is 0. The third-order valence-corrected chi connectivity index (χ3v) is 6.12. The van der Waals surface area contributed by atoms with Crippen molar-refractivity contribution >= 4 is 16.7 Å². The lowest BCUT2D eigenvalue weighted by atomic mass is 9.91. The molecule has 5 nitrogen and oxygen atoms in total. The first-order chi connectivity index (χ1) is 11.9. The molecular weight excluding hydrogens is 298 g/mol. The van der Waals surface area contributed by atoms with Gasteiger partial charge in [0.15, 0.2) is 0 Å². The molecule has 24 heavy (non-hydrogen) atoms. The van der Waals surface area contributed by atoms with E-state index in [9.17, 15) is 0 Å². The topological polar surface area (TPSA) is 36.3 Å². The summed E-state index contributed by atoms with van der Waals surface area (Å²) in [5, 5.41) is 3.44. The summed E-state index contributed by atoms with van der Waals surface area (Å²) in [5.41, 5.74) is 3.85. The van der Waals surface area contributed by atoms with Crippen molar-refractivity contribution in [1.29, 1.82) is 0 Å². The highest BCUT2D eigenvalue weighted by molar-refractivity contribution is 5.80. The molecule has 1 aromatic heterocycles. The molecule has 0 bridgehead atoms. The fourth-order valence-electron chi connectivity index (χ4n) is 4.42. The average Bonchev–Trinajstić information content (AvgIpc) is 2.80. The molecular formula is C19H27N5. The van der Waals surface area contributed by atoms with Crippen molar-refractivity contribution in [1.82, 2.24) is 19.8 Å². The number of aromatic nitrogens is 2. The predicted octanol–water partition coefficient (Wildman–Crippen LogP) is 1.86. The van der Waals surface area contributed by atoms with Crippen LogP contribution in [-0.4, -0.2) is 59.8 Å². The highest BCUT2D eigenvalue weighted by Gasteiger charge is 2.27. The average molecular weight is 325 g/mol. The monoisotopic (exact) mass is 325 g/mol. The van der Waals surface area contributed by atoms with Gasteiger partial charge < -0.3 is 14.8 Å². The van der Waals surface area contributed by atoms with Gasteiger partial charge in [0.1, 0.15) is 5.82 Å². The van der Waals surface area contributed by atoms with E-state index in [1.54, 1.807) is 0 Å². The van der Waals surface area contributed by atoms with E-state index < -0.39 is 0 Å². The van der Waals surface area contributed by atoms with Crippen LogP contribution in [0.5, 0.6) is 0 Å². The van der Waals surface area contributed by atoms with Crippen LogP contribution >= 0.6 is 0 Å². The van der Waals surface area contributed by atoms with Crippen LogP contribution in [0.4, 0.5) is 5.69 Å². The van der Waals surface area contributed by atoms with Gasteiger partial charge in [-0.1, -0.05) is 6.42 Å². The van der Waals surface area contributed by atoms with Crippen molar-refractivity contribution in [2.45, 2.75) is 38.3 Å². The minimum Gasteiger partial charge on any atom is -0.369 e. The van der Waals surface area contributed by atoms with E-state index in [0.717, 1.165) is 45.2 Å². The highest BCUT2D eigenvalue weighted by Crippen LogP contribution is 2.28. The second-order valence-corrected chi connectivity index (χ2v) is 7.46. The Labute approximate surface area is 143 Å². The number of anilines is 1. The number of hydrogen-bond acceptors (Lipinski definition) is 4. The maximum absolute atomic E-state index is 4.94. The molecule has 2 aliphatic heterocycles. The molecule has 5 heteroatoms. The van der Waals surface area contributed by atoms with Gasteiger partial charge in [-0.15, -0.1) is 0 Å². The summed E-state index contributed by atoms with van der Waals surface area (Å²) >= 11 is 0. The molecule has 1 aromatic carbocycles. The van der Waals surface area contributed by atoms with Crippen LogP contribution in [0.25, 0.3) is 11.0 Å². The first kappa shape index (κ1) is 14.7. The molecule has 0 radical (unpaired) electrons. The molecule has 0 amide bonds. The SMILES string of the molecule is c1cc2nc3n(c2cc1N1CCNCC1)CCN(C1CCC1)CC3. The van der Waals surface area contributed by atoms with E-state index >= 15 is 0 Å². The van der Waals surface area contributed by atoms with Crippen molar-refractivity contribution < 1.29 is 0 Å². The minimum atomic E-state index is 0.845. The molecule has 3 aliphatic rings. The largest absolute Gasteiger partial charge is 0.369 e. The summed E-state index contributed by atoms with van der Waals surface area (Å²) in [6, 6.07) is 7.69. The van der Waals surface area contributed by atoms with E-state index in [1.807, 2.05) is 0 Å². The Bertz CT molecular complexity index is 727. The van der Waals surface area contributed by atoms with Gasteiger partial charge in [0.05, 0.1) is 11.0 Å². The molecule has 0 atom stereocenters. The summed E-state index contributed by atoms with van der Waals surface area (Å²) in [5.74, 6) is 1.28. The molecule has 1 aliphatic carbocycles. The third-order valence-electron chi connectivity index (χ3n) is 6.12. The van der Waals surface area contributed by atoms with Crippen LogP contribution in [0, 0.1) is 0 Å². The van der Waals surface area contributed by atoms with E-state index in [1.165, 1.54) is 54.9 Å². The smallest absolute Gasteiger partial charge is 0.111 e. The second-order valence-electron chi connectivity index (χ2n) is 7.46. The van der Waals surface area contributed by atoms with Gasteiger partial charge in [-0.25, -0.2) is 4.98 Å². The van der Waals surface area contributed by atoms with Gasteiger partial charge in [0.2, 0.25) is 0 Å². The number of imidazole rings is 1. The van der Waals surface area contributed by atoms with Crippen molar-refractivity contribution in [3.8, 4) is 0 Å². The summed E-state index contributed by atoms with van der Waals surface area (Å²) in [4.78, 5) is 10.1. The molecule has 2 fully saturated rings. The van der Waals surface area contributed by atoms with Gasteiger partial charge >= 0.3 is 0 Å². The zero-order chi connectivity index (χ0) is 15.9. The van der Waals surface area contributed by atoms with Crippen molar-refractivity contribution in [3.05, 3.63) is 24.0 Å². The summed E-state index contributed by atoms with van der Waals surface area (Å²) in [6.07, 6.45) is 5.31. The quantitative estimate of drug-likeness (QED) is 0.914. The van der Waals surface area contributed by atoms with Crippen molar-refractivity contribution in [2.24, 2.45) is 0 Å². The number of nitrogens with one attached hydrogen (secondary N) is 1. The fraction of sp³-hybridized carbons (Fsp3) is 0.632. The van der Waals surface area contributed by atoms with Gasteiger partial charge in [0, 0.05) is 64.0 Å². The van der Waals surface area contributed by atoms with Crippen LogP contribution in [0.3, 0.4) is 0 Å². The maximum atomic E-state index is 4.94. The molecule has 2 aromatic rings. The fourth-order valence-corrected chi connectivity index (χ4v) is 4.42. The first-order valence-electron chi connectivity index (χ1n) is 9.57. The lowest BCUT2D eigenvalue weighted by Crippen LogP contribution is -2.43. The summed E-state index contributed by atoms with van der Waals surface area (Å²) < 4.78 is 2.49. The van der Waals surface area contributed by atoms with Gasteiger partial charge in [-0.05, 0) is 31.0 Å². The zero-order valence-electron chi connectivity index (χ0n) is 14.4. The third kappa shape index (κ3) is 2.50. The Balaban J connectivity index is 1.44. The Kier molecular flexibility index (Phi) is 3.71. The minimum absolute atomic E-state index is 0.845. The van der Waals surface area contributed by atoms with Crippen molar-refractivity contribution in [2.75, 3.05) is 44.2 Å². The lowest BCUT2D eigenvalue weighted by Gasteiger charge is -2.36. The molecule has 3 heterocycles. The van der Waals surface area contributed by atoms with Crippen molar-refractivity contribution in [3.63, 3.8) is 0 Å². The number of rotatable bonds is 2. The molecule has 0 unspecified atom stereocenters. The highest BCUT2D eigenvalue weighted by atomic mass is 15.2. The molecule has 5 rings (SSSR count). The maximum Gasteiger partial charge on any atom is 0.111 e. The number of fused-ring (bicyclic) bond motifs is 3. The van der Waals surface area contributed by atoms with E-state index in [4.69, 9.17) is 4.98 Å². The number of nitrogens with zero attached hydrogens (tertiary/aromatic N) is 4. The Hall–Kier alpha value is -1.59. The number of piperazine rings is 1. The van der Waals surface area contributed by atoms with Crippen LogP contribution in [0.15, 0.2) is 18.2 Å². The first-order valence-corrected chi connectivity index (χ1v) is 9.57. The van der Waals surface area contributed by atoms with Crippen LogP contribution in [-0.2, 0) is 13.0 Å². The Morgan fingerprint density at radius 1 is 1.00 bits per heavy atom. The number of hydrogen-bond donors (Lipinski definition) is 1. The molecule has 1 N–H and O–H groups in total. The van der Waals surface area contributed by atoms with Gasteiger partial charge in [0.25, 0.3) is 0 Å².